The maximum atomic E-state index is 13.2. The van der Waals surface area contributed by atoms with Gasteiger partial charge < -0.3 is 38.5 Å². The van der Waals surface area contributed by atoms with Crippen molar-refractivity contribution in [1.29, 1.82) is 0 Å². The van der Waals surface area contributed by atoms with Crippen LogP contribution in [-0.4, -0.2) is 133 Å². The van der Waals surface area contributed by atoms with Crippen molar-refractivity contribution in [3.63, 3.8) is 0 Å². The van der Waals surface area contributed by atoms with E-state index < -0.39 is 29.7 Å². The van der Waals surface area contributed by atoms with Crippen molar-refractivity contribution in [3.05, 3.63) is 29.3 Å². The summed E-state index contributed by atoms with van der Waals surface area (Å²) in [6.07, 6.45) is 15.8. The van der Waals surface area contributed by atoms with Crippen molar-refractivity contribution in [2.75, 3.05) is 97.8 Å². The highest BCUT2D eigenvalue weighted by Crippen LogP contribution is 2.32. The number of benzene rings is 1. The molecule has 0 radical (unpaired) electrons. The molecule has 1 unspecified atom stereocenters. The number of nitrogens with zero attached hydrogens (tertiary/aromatic N) is 1. The van der Waals surface area contributed by atoms with Crippen LogP contribution in [0.3, 0.4) is 0 Å². The number of hydrogen-bond donors (Lipinski definition) is 2. The number of carbonyl (C=O) groups is 5. The van der Waals surface area contributed by atoms with Crippen molar-refractivity contribution in [3.8, 4) is 0 Å². The fourth-order valence-electron chi connectivity index (χ4n) is 6.61. The standard InChI is InChI=1S/C43H69N3O12/c1-2-3-4-5-6-7-8-9-10-13-21-52-23-25-54-27-29-56-31-33-58-34-32-57-30-28-55-26-24-53-22-14-11-12-18-38(47)44-36-17-15-16-35-40(36)43(51)46(42(35)50)37-19-20-39(48)45-41(37)49/h15-17,37H,2-14,18-34H2,1H3,(H,44,47)(H,45,48,49). The number of fused-ring (bicyclic) bond motifs is 1. The number of unbranched alkanes of at least 4 members (excludes halogenated alkanes) is 11. The SMILES string of the molecule is CCCCCCCCCCCCOCCOCCOCCOCCOCCOCCOCCCCCC(=O)Nc1cccc2c1C(=O)N(C1CCC(=O)NC1=O)C2=O. The quantitative estimate of drug-likeness (QED) is 0.0627. The van der Waals surface area contributed by atoms with Crippen LogP contribution >= 0.6 is 0 Å². The molecule has 0 saturated carbocycles. The third kappa shape index (κ3) is 20.1. The summed E-state index contributed by atoms with van der Waals surface area (Å²) in [5, 5.41) is 4.92. The van der Waals surface area contributed by atoms with E-state index in [1.54, 1.807) is 12.1 Å². The van der Waals surface area contributed by atoms with E-state index in [1.807, 2.05) is 0 Å². The van der Waals surface area contributed by atoms with Gasteiger partial charge in [0.2, 0.25) is 17.7 Å². The number of imide groups is 2. The molecule has 58 heavy (non-hydrogen) atoms. The Bertz CT molecular complexity index is 1350. The molecule has 5 amide bonds. The van der Waals surface area contributed by atoms with E-state index in [-0.39, 0.29) is 42.0 Å². The molecule has 0 bridgehead atoms. The summed E-state index contributed by atoms with van der Waals surface area (Å²) in [4.78, 5) is 63.6. The molecule has 0 spiro atoms. The number of rotatable bonds is 37. The Balaban J connectivity index is 1.02. The molecule has 1 saturated heterocycles. The first-order valence-electron chi connectivity index (χ1n) is 21.6. The number of hydrogen-bond acceptors (Lipinski definition) is 12. The highest BCUT2D eigenvalue weighted by Gasteiger charge is 2.45. The molecule has 3 rings (SSSR count). The smallest absolute Gasteiger partial charge is 0.264 e. The van der Waals surface area contributed by atoms with Crippen LogP contribution in [0.25, 0.3) is 0 Å². The minimum Gasteiger partial charge on any atom is -0.379 e. The Morgan fingerprint density at radius 1 is 0.603 bits per heavy atom. The lowest BCUT2D eigenvalue weighted by atomic mass is 10.0. The lowest BCUT2D eigenvalue weighted by Crippen LogP contribution is -2.54. The fraction of sp³-hybridized carbons (Fsp3) is 0.744. The van der Waals surface area contributed by atoms with Gasteiger partial charge in [0.15, 0.2) is 0 Å². The zero-order valence-corrected chi connectivity index (χ0v) is 34.9. The van der Waals surface area contributed by atoms with Gasteiger partial charge in [0.1, 0.15) is 6.04 Å². The third-order valence-corrected chi connectivity index (χ3v) is 9.81. The van der Waals surface area contributed by atoms with E-state index in [4.69, 9.17) is 33.2 Å². The third-order valence-electron chi connectivity index (χ3n) is 9.81. The molecular formula is C43H69N3O12. The molecule has 2 aliphatic heterocycles. The predicted octanol–water partition coefficient (Wildman–Crippen LogP) is 5.62. The van der Waals surface area contributed by atoms with Gasteiger partial charge in [-0.15, -0.1) is 0 Å². The van der Waals surface area contributed by atoms with Crippen molar-refractivity contribution >= 4 is 35.2 Å². The van der Waals surface area contributed by atoms with E-state index >= 15 is 0 Å². The van der Waals surface area contributed by atoms with Gasteiger partial charge in [0.25, 0.3) is 11.8 Å². The van der Waals surface area contributed by atoms with Crippen molar-refractivity contribution in [1.82, 2.24) is 10.2 Å². The summed E-state index contributed by atoms with van der Waals surface area (Å²) in [5.74, 6) is -2.69. The topological polar surface area (TPSA) is 177 Å². The van der Waals surface area contributed by atoms with Crippen LogP contribution in [0.1, 0.15) is 130 Å². The summed E-state index contributed by atoms with van der Waals surface area (Å²) in [6.45, 7) is 9.74. The summed E-state index contributed by atoms with van der Waals surface area (Å²) in [5.41, 5.74) is 0.400. The van der Waals surface area contributed by atoms with Gasteiger partial charge in [0, 0.05) is 26.1 Å². The van der Waals surface area contributed by atoms with E-state index in [2.05, 4.69) is 17.6 Å². The Morgan fingerprint density at radius 3 is 1.53 bits per heavy atom. The second-order valence-electron chi connectivity index (χ2n) is 14.5. The molecule has 0 aliphatic carbocycles. The summed E-state index contributed by atoms with van der Waals surface area (Å²) in [7, 11) is 0. The Hall–Kier alpha value is -3.31. The van der Waals surface area contributed by atoms with Crippen LogP contribution in [0.5, 0.6) is 0 Å². The van der Waals surface area contributed by atoms with E-state index in [9.17, 15) is 24.0 Å². The van der Waals surface area contributed by atoms with Gasteiger partial charge in [0.05, 0.1) is 96.1 Å². The lowest BCUT2D eigenvalue weighted by Gasteiger charge is -2.27. The Labute approximate surface area is 344 Å². The van der Waals surface area contributed by atoms with Crippen LogP contribution in [0, 0.1) is 0 Å². The fourth-order valence-corrected chi connectivity index (χ4v) is 6.61. The van der Waals surface area contributed by atoms with Crippen molar-refractivity contribution < 1.29 is 57.1 Å². The molecule has 2 aliphatic rings. The first kappa shape index (κ1) is 49.1. The van der Waals surface area contributed by atoms with E-state index in [0.29, 0.717) is 92.3 Å². The minimum atomic E-state index is -1.07. The molecule has 15 nitrogen and oxygen atoms in total. The second-order valence-corrected chi connectivity index (χ2v) is 14.5. The average Bonchev–Trinajstić information content (AvgIpc) is 3.47. The number of piperidine rings is 1. The van der Waals surface area contributed by atoms with Crippen LogP contribution in [0.15, 0.2) is 18.2 Å². The Morgan fingerprint density at radius 2 is 1.05 bits per heavy atom. The number of amides is 5. The van der Waals surface area contributed by atoms with Gasteiger partial charge in [-0.2, -0.15) is 0 Å². The maximum Gasteiger partial charge on any atom is 0.264 e. The zero-order valence-electron chi connectivity index (χ0n) is 34.9. The van der Waals surface area contributed by atoms with Gasteiger partial charge in [-0.25, -0.2) is 0 Å². The van der Waals surface area contributed by atoms with Gasteiger partial charge in [-0.3, -0.25) is 34.2 Å². The maximum absolute atomic E-state index is 13.2. The van der Waals surface area contributed by atoms with Crippen molar-refractivity contribution in [2.45, 2.75) is 116 Å². The molecule has 2 N–H and O–H groups in total. The Kier molecular flexibility index (Phi) is 26.7. The van der Waals surface area contributed by atoms with E-state index in [0.717, 1.165) is 30.8 Å². The van der Waals surface area contributed by atoms with Gasteiger partial charge >= 0.3 is 0 Å². The van der Waals surface area contributed by atoms with Crippen LogP contribution in [0.4, 0.5) is 5.69 Å². The lowest BCUT2D eigenvalue weighted by molar-refractivity contribution is -0.136. The van der Waals surface area contributed by atoms with Crippen LogP contribution < -0.4 is 10.6 Å². The molecule has 1 aromatic carbocycles. The predicted molar refractivity (Wildman–Crippen MR) is 218 cm³/mol. The highest BCUT2D eigenvalue weighted by molar-refractivity contribution is 6.26. The molecular weight excluding hydrogens is 750 g/mol. The summed E-state index contributed by atoms with van der Waals surface area (Å²) >= 11 is 0. The number of carbonyl (C=O) groups excluding carboxylic acids is 5. The van der Waals surface area contributed by atoms with E-state index in [1.165, 1.54) is 63.9 Å². The first-order valence-corrected chi connectivity index (χ1v) is 21.6. The van der Waals surface area contributed by atoms with Crippen LogP contribution in [-0.2, 0) is 47.5 Å². The molecule has 328 valence electrons. The molecule has 1 fully saturated rings. The molecule has 15 heteroatoms. The van der Waals surface area contributed by atoms with Crippen LogP contribution in [0.2, 0.25) is 0 Å². The average molecular weight is 820 g/mol. The highest BCUT2D eigenvalue weighted by atomic mass is 16.6. The number of ether oxygens (including phenoxy) is 7. The summed E-state index contributed by atoms with van der Waals surface area (Å²) in [6, 6.07) is 3.55. The minimum absolute atomic E-state index is 0.0328. The van der Waals surface area contributed by atoms with Gasteiger partial charge in [-0.1, -0.05) is 77.2 Å². The van der Waals surface area contributed by atoms with Crippen molar-refractivity contribution in [2.24, 2.45) is 0 Å². The molecule has 0 aromatic heterocycles. The first-order chi connectivity index (χ1) is 28.4. The number of nitrogens with one attached hydrogen (secondary N) is 2. The molecule has 2 heterocycles. The second kappa shape index (κ2) is 31.6. The number of anilines is 1. The zero-order chi connectivity index (χ0) is 41.5. The molecule has 1 aromatic rings. The monoisotopic (exact) mass is 819 g/mol. The largest absolute Gasteiger partial charge is 0.379 e. The normalized spacial score (nSPS) is 15.3. The van der Waals surface area contributed by atoms with Gasteiger partial charge in [-0.05, 0) is 37.8 Å². The summed E-state index contributed by atoms with van der Waals surface area (Å²) < 4.78 is 38.9. The molecule has 1 atom stereocenters.